The number of hydrogen-bond acceptors (Lipinski definition) is 3. The van der Waals surface area contributed by atoms with Crippen LogP contribution in [0.15, 0.2) is 12.1 Å². The third-order valence-electron chi connectivity index (χ3n) is 4.29. The first kappa shape index (κ1) is 13.8. The van der Waals surface area contributed by atoms with Crippen LogP contribution >= 0.6 is 0 Å². The van der Waals surface area contributed by atoms with E-state index in [0.29, 0.717) is 11.3 Å². The van der Waals surface area contributed by atoms with Crippen LogP contribution in [0.1, 0.15) is 38.2 Å². The molecule has 0 radical (unpaired) electrons. The minimum absolute atomic E-state index is 0.186. The lowest BCUT2D eigenvalue weighted by Crippen LogP contribution is -2.36. The standard InChI is InChI=1S/C14H19FN2O2/c1-3-14(5-4-6-14)9-16-12-7-10(2)11(15)8-13(12)17(18)19/h7-8,16H,3-6,9H2,1-2H3. The van der Waals surface area contributed by atoms with Crippen LogP contribution in [0.5, 0.6) is 0 Å². The van der Waals surface area contributed by atoms with Crippen molar-refractivity contribution in [3.8, 4) is 0 Å². The monoisotopic (exact) mass is 266 g/mol. The van der Waals surface area contributed by atoms with Gasteiger partial charge in [-0.25, -0.2) is 4.39 Å². The highest BCUT2D eigenvalue weighted by Crippen LogP contribution is 2.44. The zero-order chi connectivity index (χ0) is 14.0. The average Bonchev–Trinajstić information content (AvgIpc) is 2.32. The van der Waals surface area contributed by atoms with E-state index in [4.69, 9.17) is 0 Å². The summed E-state index contributed by atoms with van der Waals surface area (Å²) in [6, 6.07) is 2.52. The Kier molecular flexibility index (Phi) is 3.73. The summed E-state index contributed by atoms with van der Waals surface area (Å²) in [6.07, 6.45) is 4.60. The van der Waals surface area contributed by atoms with Crippen LogP contribution < -0.4 is 5.32 Å². The van der Waals surface area contributed by atoms with Gasteiger partial charge in [-0.3, -0.25) is 10.1 Å². The molecule has 0 unspecified atom stereocenters. The molecule has 0 heterocycles. The Morgan fingerprint density at radius 3 is 2.63 bits per heavy atom. The maximum absolute atomic E-state index is 13.4. The molecule has 0 amide bonds. The van der Waals surface area contributed by atoms with Gasteiger partial charge in [-0.1, -0.05) is 13.3 Å². The van der Waals surface area contributed by atoms with Gasteiger partial charge in [0.15, 0.2) is 0 Å². The average molecular weight is 266 g/mol. The van der Waals surface area contributed by atoms with Crippen molar-refractivity contribution in [2.45, 2.75) is 39.5 Å². The molecular weight excluding hydrogens is 247 g/mol. The summed E-state index contributed by atoms with van der Waals surface area (Å²) in [6.45, 7) is 4.48. The number of rotatable bonds is 5. The Hall–Kier alpha value is -1.65. The molecule has 1 aliphatic rings. The second-order valence-electron chi connectivity index (χ2n) is 5.44. The second kappa shape index (κ2) is 5.15. The van der Waals surface area contributed by atoms with Gasteiger partial charge in [-0.15, -0.1) is 0 Å². The lowest BCUT2D eigenvalue weighted by molar-refractivity contribution is -0.384. The normalized spacial score (nSPS) is 16.8. The molecule has 0 aliphatic heterocycles. The maximum Gasteiger partial charge on any atom is 0.295 e. The number of halogens is 1. The predicted molar refractivity (Wildman–Crippen MR) is 72.9 cm³/mol. The van der Waals surface area contributed by atoms with Crippen molar-refractivity contribution in [3.05, 3.63) is 33.6 Å². The summed E-state index contributed by atoms with van der Waals surface area (Å²) in [7, 11) is 0. The fourth-order valence-electron chi connectivity index (χ4n) is 2.58. The third-order valence-corrected chi connectivity index (χ3v) is 4.29. The molecule has 104 valence electrons. The molecule has 1 aliphatic carbocycles. The highest BCUT2D eigenvalue weighted by molar-refractivity contribution is 5.63. The van der Waals surface area contributed by atoms with Crippen LogP contribution in [0, 0.1) is 28.3 Å². The van der Waals surface area contributed by atoms with E-state index < -0.39 is 10.7 Å². The number of nitrogens with one attached hydrogen (secondary N) is 1. The van der Waals surface area contributed by atoms with E-state index >= 15 is 0 Å². The Labute approximate surface area is 112 Å². The molecule has 1 N–H and O–H groups in total. The van der Waals surface area contributed by atoms with E-state index in [-0.39, 0.29) is 11.1 Å². The number of nitro groups is 1. The molecule has 1 fully saturated rings. The summed E-state index contributed by atoms with van der Waals surface area (Å²) in [4.78, 5) is 10.4. The van der Waals surface area contributed by atoms with Gasteiger partial charge in [0, 0.05) is 6.54 Å². The zero-order valence-corrected chi connectivity index (χ0v) is 11.3. The summed E-state index contributed by atoms with van der Waals surface area (Å²) < 4.78 is 13.4. The van der Waals surface area contributed by atoms with Gasteiger partial charge in [0.25, 0.3) is 5.69 Å². The van der Waals surface area contributed by atoms with Crippen LogP contribution in [0.25, 0.3) is 0 Å². The van der Waals surface area contributed by atoms with Crippen molar-refractivity contribution in [2.75, 3.05) is 11.9 Å². The van der Waals surface area contributed by atoms with Crippen molar-refractivity contribution < 1.29 is 9.31 Å². The minimum atomic E-state index is -0.537. The fraction of sp³-hybridized carbons (Fsp3) is 0.571. The van der Waals surface area contributed by atoms with Crippen LogP contribution in [0.3, 0.4) is 0 Å². The molecule has 0 aromatic heterocycles. The molecule has 5 heteroatoms. The third kappa shape index (κ3) is 2.69. The minimum Gasteiger partial charge on any atom is -0.379 e. The van der Waals surface area contributed by atoms with Crippen molar-refractivity contribution >= 4 is 11.4 Å². The number of aryl methyl sites for hydroxylation is 1. The number of benzene rings is 1. The molecule has 1 aromatic carbocycles. The van der Waals surface area contributed by atoms with Gasteiger partial charge in [0.2, 0.25) is 0 Å². The molecule has 2 rings (SSSR count). The first-order valence-corrected chi connectivity index (χ1v) is 6.66. The fourth-order valence-corrected chi connectivity index (χ4v) is 2.58. The lowest BCUT2D eigenvalue weighted by atomic mass is 9.67. The molecule has 0 atom stereocenters. The van der Waals surface area contributed by atoms with Gasteiger partial charge in [-0.2, -0.15) is 0 Å². The van der Waals surface area contributed by atoms with E-state index in [9.17, 15) is 14.5 Å². The summed E-state index contributed by atoms with van der Waals surface area (Å²) >= 11 is 0. The smallest absolute Gasteiger partial charge is 0.295 e. The lowest BCUT2D eigenvalue weighted by Gasteiger charge is -2.41. The van der Waals surface area contributed by atoms with Gasteiger partial charge < -0.3 is 5.32 Å². The van der Waals surface area contributed by atoms with Crippen molar-refractivity contribution in [2.24, 2.45) is 5.41 Å². The number of nitrogens with zero attached hydrogens (tertiary/aromatic N) is 1. The summed E-state index contributed by atoms with van der Waals surface area (Å²) in [5.41, 5.74) is 0.917. The Morgan fingerprint density at radius 2 is 2.16 bits per heavy atom. The molecule has 0 saturated heterocycles. The van der Waals surface area contributed by atoms with Crippen LogP contribution in [-0.2, 0) is 0 Å². The van der Waals surface area contributed by atoms with E-state index in [0.717, 1.165) is 31.9 Å². The number of hydrogen-bond donors (Lipinski definition) is 1. The number of anilines is 1. The summed E-state index contributed by atoms with van der Waals surface area (Å²) in [5.74, 6) is -0.536. The van der Waals surface area contributed by atoms with Gasteiger partial charge >= 0.3 is 0 Å². The van der Waals surface area contributed by atoms with Gasteiger partial charge in [0.05, 0.1) is 11.0 Å². The first-order valence-electron chi connectivity index (χ1n) is 6.66. The van der Waals surface area contributed by atoms with E-state index in [1.54, 1.807) is 6.92 Å². The van der Waals surface area contributed by atoms with E-state index in [1.807, 2.05) is 0 Å². The van der Waals surface area contributed by atoms with Gasteiger partial charge in [-0.05, 0) is 43.2 Å². The highest BCUT2D eigenvalue weighted by Gasteiger charge is 2.35. The van der Waals surface area contributed by atoms with Crippen LogP contribution in [0.4, 0.5) is 15.8 Å². The van der Waals surface area contributed by atoms with Crippen LogP contribution in [0.2, 0.25) is 0 Å². The van der Waals surface area contributed by atoms with Crippen molar-refractivity contribution in [1.82, 2.24) is 0 Å². The molecule has 1 aromatic rings. The molecule has 4 nitrogen and oxygen atoms in total. The quantitative estimate of drug-likeness (QED) is 0.646. The number of nitro benzene ring substituents is 1. The SMILES string of the molecule is CCC1(CNc2cc(C)c(F)cc2[N+](=O)[O-])CCC1. The second-order valence-corrected chi connectivity index (χ2v) is 5.44. The molecule has 1 saturated carbocycles. The highest BCUT2D eigenvalue weighted by atomic mass is 19.1. The topological polar surface area (TPSA) is 55.2 Å². The van der Waals surface area contributed by atoms with E-state index in [2.05, 4.69) is 12.2 Å². The van der Waals surface area contributed by atoms with Crippen molar-refractivity contribution in [3.63, 3.8) is 0 Å². The molecule has 19 heavy (non-hydrogen) atoms. The molecular formula is C14H19FN2O2. The Bertz CT molecular complexity index is 493. The molecule has 0 bridgehead atoms. The van der Waals surface area contributed by atoms with Crippen molar-refractivity contribution in [1.29, 1.82) is 0 Å². The largest absolute Gasteiger partial charge is 0.379 e. The predicted octanol–water partition coefficient (Wildman–Crippen LogP) is 4.03. The Balaban J connectivity index is 2.19. The van der Waals surface area contributed by atoms with Crippen LogP contribution in [-0.4, -0.2) is 11.5 Å². The maximum atomic E-state index is 13.4. The molecule has 0 spiro atoms. The first-order chi connectivity index (χ1) is 8.97. The van der Waals surface area contributed by atoms with Gasteiger partial charge in [0.1, 0.15) is 11.5 Å². The zero-order valence-electron chi connectivity index (χ0n) is 11.3. The van der Waals surface area contributed by atoms with E-state index in [1.165, 1.54) is 12.5 Å². The summed E-state index contributed by atoms with van der Waals surface area (Å²) in [5, 5.41) is 14.1. The Morgan fingerprint density at radius 1 is 1.47 bits per heavy atom.